The smallest absolute Gasteiger partial charge is 0.263 e. The van der Waals surface area contributed by atoms with Crippen LogP contribution in [0.4, 0.5) is 0 Å². The summed E-state index contributed by atoms with van der Waals surface area (Å²) in [7, 11) is 4.09. The third-order valence-corrected chi connectivity index (χ3v) is 4.30. The Bertz CT molecular complexity index is 509. The van der Waals surface area contributed by atoms with Gasteiger partial charge in [0, 0.05) is 30.8 Å². The molecule has 0 unspecified atom stereocenters. The number of rotatable bonds is 10. The molecule has 0 aliphatic heterocycles. The van der Waals surface area contributed by atoms with E-state index in [0.29, 0.717) is 11.6 Å². The Kier molecular flexibility index (Phi) is 8.95. The molecule has 1 aromatic heterocycles. The van der Waals surface area contributed by atoms with Crippen LogP contribution in [-0.2, 0) is 12.3 Å². The molecule has 1 aromatic rings. The Balaban J connectivity index is 2.31. The van der Waals surface area contributed by atoms with Gasteiger partial charge in [-0.05, 0) is 38.0 Å². The third-order valence-electron chi connectivity index (χ3n) is 2.62. The van der Waals surface area contributed by atoms with Crippen LogP contribution >= 0.6 is 23.5 Å². The molecule has 0 radical (unpaired) electrons. The van der Waals surface area contributed by atoms with E-state index in [-0.39, 0.29) is 0 Å². The Hall–Kier alpha value is -1.25. The first-order valence-corrected chi connectivity index (χ1v) is 9.18. The standard InChI is InChI=1S/C14H22N4O2S2/c1-17(2)9-12-4-5-15-13(8-12)11-22-7-6-16-14(21-3)10-18(19)20/h4-5,8,10,16H,6-7,9,11H2,1-3H3/b14-10-. The normalized spacial score (nSPS) is 11.7. The molecule has 0 saturated heterocycles. The van der Waals surface area contributed by atoms with E-state index in [1.54, 1.807) is 11.8 Å². The second kappa shape index (κ2) is 10.5. The average molecular weight is 342 g/mol. The van der Waals surface area contributed by atoms with Crippen LogP contribution in [0.2, 0.25) is 0 Å². The van der Waals surface area contributed by atoms with E-state index < -0.39 is 4.92 Å². The Morgan fingerprint density at radius 3 is 2.95 bits per heavy atom. The van der Waals surface area contributed by atoms with Gasteiger partial charge in [-0.15, -0.1) is 11.8 Å². The highest BCUT2D eigenvalue weighted by Gasteiger charge is 2.02. The van der Waals surface area contributed by atoms with Crippen molar-refractivity contribution >= 4 is 23.5 Å². The number of nitrogens with one attached hydrogen (secondary N) is 1. The van der Waals surface area contributed by atoms with Gasteiger partial charge in [0.25, 0.3) is 6.20 Å². The van der Waals surface area contributed by atoms with Gasteiger partial charge in [-0.2, -0.15) is 11.8 Å². The zero-order valence-electron chi connectivity index (χ0n) is 13.1. The number of aromatic nitrogens is 1. The summed E-state index contributed by atoms with van der Waals surface area (Å²) in [6.07, 6.45) is 4.66. The lowest BCUT2D eigenvalue weighted by Crippen LogP contribution is -2.15. The molecule has 0 amide bonds. The molecule has 0 aliphatic rings. The van der Waals surface area contributed by atoms with E-state index in [9.17, 15) is 10.1 Å². The Morgan fingerprint density at radius 2 is 2.32 bits per heavy atom. The van der Waals surface area contributed by atoms with Gasteiger partial charge >= 0.3 is 0 Å². The highest BCUT2D eigenvalue weighted by molar-refractivity contribution is 8.02. The second-order valence-corrected chi connectivity index (χ2v) is 6.81. The summed E-state index contributed by atoms with van der Waals surface area (Å²) in [6.45, 7) is 1.60. The molecule has 0 spiro atoms. The number of pyridine rings is 1. The number of nitrogens with zero attached hydrogens (tertiary/aromatic N) is 3. The van der Waals surface area contributed by atoms with E-state index >= 15 is 0 Å². The van der Waals surface area contributed by atoms with Gasteiger partial charge in [0.15, 0.2) is 0 Å². The molecular weight excluding hydrogens is 320 g/mol. The Labute approximate surface area is 139 Å². The zero-order valence-corrected chi connectivity index (χ0v) is 14.7. The molecule has 8 heteroatoms. The van der Waals surface area contributed by atoms with Gasteiger partial charge in [-0.1, -0.05) is 0 Å². The molecule has 1 heterocycles. The average Bonchev–Trinajstić information content (AvgIpc) is 2.45. The molecular formula is C14H22N4O2S2. The summed E-state index contributed by atoms with van der Waals surface area (Å²) >= 11 is 3.10. The van der Waals surface area contributed by atoms with Crippen LogP contribution in [0, 0.1) is 10.1 Å². The van der Waals surface area contributed by atoms with Crippen LogP contribution in [0.1, 0.15) is 11.3 Å². The summed E-state index contributed by atoms with van der Waals surface area (Å²) in [5.41, 5.74) is 2.32. The summed E-state index contributed by atoms with van der Waals surface area (Å²) < 4.78 is 0. The summed E-state index contributed by atoms with van der Waals surface area (Å²) in [4.78, 5) is 16.5. The van der Waals surface area contributed by atoms with Crippen molar-refractivity contribution in [3.05, 3.63) is 50.9 Å². The molecule has 0 fully saturated rings. The molecule has 1 N–H and O–H groups in total. The van der Waals surface area contributed by atoms with Gasteiger partial charge in [0.2, 0.25) is 0 Å². The number of hydrogen-bond acceptors (Lipinski definition) is 7. The topological polar surface area (TPSA) is 71.3 Å². The van der Waals surface area contributed by atoms with Crippen molar-refractivity contribution in [2.24, 2.45) is 0 Å². The SMILES string of the molecule is CS/C(=C\[N+](=O)[O-])NCCSCc1cc(CN(C)C)ccn1. The monoisotopic (exact) mass is 342 g/mol. The summed E-state index contributed by atoms with van der Waals surface area (Å²) in [6, 6.07) is 4.16. The fraction of sp³-hybridized carbons (Fsp3) is 0.500. The Morgan fingerprint density at radius 1 is 1.55 bits per heavy atom. The molecule has 22 heavy (non-hydrogen) atoms. The maximum atomic E-state index is 10.4. The van der Waals surface area contributed by atoms with Crippen LogP contribution in [0.25, 0.3) is 0 Å². The quantitative estimate of drug-likeness (QED) is 0.398. The lowest BCUT2D eigenvalue weighted by Gasteiger charge is -2.10. The van der Waals surface area contributed by atoms with E-state index in [1.165, 1.54) is 17.3 Å². The fourth-order valence-electron chi connectivity index (χ4n) is 1.76. The maximum Gasteiger partial charge on any atom is 0.263 e. The number of nitro groups is 1. The fourth-order valence-corrected chi connectivity index (χ4v) is 2.96. The first kappa shape index (κ1) is 18.8. The van der Waals surface area contributed by atoms with Crippen LogP contribution in [-0.4, -0.2) is 47.5 Å². The molecule has 0 saturated carbocycles. The lowest BCUT2D eigenvalue weighted by molar-refractivity contribution is -0.403. The van der Waals surface area contributed by atoms with E-state index in [1.807, 2.05) is 32.6 Å². The minimum Gasteiger partial charge on any atom is -0.374 e. The van der Waals surface area contributed by atoms with E-state index in [4.69, 9.17) is 0 Å². The van der Waals surface area contributed by atoms with Gasteiger partial charge < -0.3 is 10.2 Å². The third kappa shape index (κ3) is 8.26. The van der Waals surface area contributed by atoms with Gasteiger partial charge in [0.05, 0.1) is 10.6 Å². The van der Waals surface area contributed by atoms with Crippen molar-refractivity contribution in [2.75, 3.05) is 32.6 Å². The van der Waals surface area contributed by atoms with Crippen molar-refractivity contribution in [1.82, 2.24) is 15.2 Å². The first-order valence-electron chi connectivity index (χ1n) is 6.80. The van der Waals surface area contributed by atoms with Crippen molar-refractivity contribution in [2.45, 2.75) is 12.3 Å². The van der Waals surface area contributed by atoms with Gasteiger partial charge in [0.1, 0.15) is 5.03 Å². The number of thioether (sulfide) groups is 2. The maximum absolute atomic E-state index is 10.4. The molecule has 0 aliphatic carbocycles. The zero-order chi connectivity index (χ0) is 16.4. The molecule has 122 valence electrons. The van der Waals surface area contributed by atoms with Crippen molar-refractivity contribution in [3.8, 4) is 0 Å². The van der Waals surface area contributed by atoms with Crippen LogP contribution in [0.3, 0.4) is 0 Å². The molecule has 1 rings (SSSR count). The van der Waals surface area contributed by atoms with Gasteiger partial charge in [-0.3, -0.25) is 15.1 Å². The highest BCUT2D eigenvalue weighted by atomic mass is 32.2. The number of hydrogen-bond donors (Lipinski definition) is 1. The van der Waals surface area contributed by atoms with Crippen molar-refractivity contribution in [1.29, 1.82) is 0 Å². The minimum atomic E-state index is -0.438. The highest BCUT2D eigenvalue weighted by Crippen LogP contribution is 2.13. The summed E-state index contributed by atoms with van der Waals surface area (Å²) in [5.74, 6) is 1.71. The first-order chi connectivity index (χ1) is 10.5. The van der Waals surface area contributed by atoms with E-state index in [2.05, 4.69) is 21.3 Å². The molecule has 0 aromatic carbocycles. The largest absolute Gasteiger partial charge is 0.374 e. The summed E-state index contributed by atoms with van der Waals surface area (Å²) in [5, 5.41) is 14.0. The van der Waals surface area contributed by atoms with E-state index in [0.717, 1.165) is 29.9 Å². The molecule has 0 atom stereocenters. The van der Waals surface area contributed by atoms with Crippen LogP contribution < -0.4 is 5.32 Å². The lowest BCUT2D eigenvalue weighted by atomic mass is 10.2. The second-order valence-electron chi connectivity index (χ2n) is 4.86. The van der Waals surface area contributed by atoms with Crippen molar-refractivity contribution < 1.29 is 4.92 Å². The van der Waals surface area contributed by atoms with Gasteiger partial charge in [-0.25, -0.2) is 0 Å². The van der Waals surface area contributed by atoms with Crippen LogP contribution in [0.5, 0.6) is 0 Å². The predicted octanol–water partition coefficient (Wildman–Crippen LogP) is 2.40. The van der Waals surface area contributed by atoms with Crippen LogP contribution in [0.15, 0.2) is 29.6 Å². The molecule has 6 nitrogen and oxygen atoms in total. The minimum absolute atomic E-state index is 0.438. The molecule has 0 bridgehead atoms. The van der Waals surface area contributed by atoms with Crippen molar-refractivity contribution in [3.63, 3.8) is 0 Å². The predicted molar refractivity (Wildman–Crippen MR) is 94.4 cm³/mol.